The minimum Gasteiger partial charge on any atom is -0.467 e. The van der Waals surface area contributed by atoms with Gasteiger partial charge in [0.2, 0.25) is 5.91 Å². The van der Waals surface area contributed by atoms with Gasteiger partial charge in [0.05, 0.1) is 12.5 Å². The normalized spacial score (nSPS) is 23.9. The fraction of sp³-hybridized carbons (Fsp3) is 0.867. The minimum atomic E-state index is -0.552. The minimum absolute atomic E-state index is 0.0337. The lowest BCUT2D eigenvalue weighted by molar-refractivity contribution is -0.147. The van der Waals surface area contributed by atoms with E-state index in [0.29, 0.717) is 18.9 Å². The molecular formula is C15H28N2O3. The van der Waals surface area contributed by atoms with Crippen LogP contribution < -0.4 is 10.6 Å². The Balaban J connectivity index is 2.81. The molecule has 0 radical (unpaired) electrons. The molecule has 1 aliphatic heterocycles. The fourth-order valence-corrected chi connectivity index (χ4v) is 2.79. The molecule has 2 N–H and O–H groups in total. The Morgan fingerprint density at radius 2 is 1.95 bits per heavy atom. The molecule has 0 saturated carbocycles. The summed E-state index contributed by atoms with van der Waals surface area (Å²) >= 11 is 0. The second-order valence-corrected chi connectivity index (χ2v) is 6.42. The van der Waals surface area contributed by atoms with Gasteiger partial charge >= 0.3 is 5.97 Å². The number of nitrogens with one attached hydrogen (secondary N) is 2. The summed E-state index contributed by atoms with van der Waals surface area (Å²) in [5.74, 6) is 0.149. The lowest BCUT2D eigenvalue weighted by atomic mass is 9.75. The van der Waals surface area contributed by atoms with Crippen LogP contribution in [-0.4, -0.2) is 38.1 Å². The standard InChI is InChI=1S/C15H28N2O3/c1-10(2)8-12(13(18)20-5)17-14(19)15(11(3)4)6-7-16-9-15/h10-12,16H,6-9H2,1-5H3,(H,17,19)/t12-,15?/m0/s1. The number of hydrogen-bond donors (Lipinski definition) is 2. The molecule has 5 heteroatoms. The molecular weight excluding hydrogens is 256 g/mol. The van der Waals surface area contributed by atoms with Crippen LogP contribution >= 0.6 is 0 Å². The average molecular weight is 284 g/mol. The van der Waals surface area contributed by atoms with Crippen LogP contribution in [0.3, 0.4) is 0 Å². The molecule has 1 rings (SSSR count). The molecule has 1 heterocycles. The third-order valence-electron chi connectivity index (χ3n) is 4.24. The molecule has 1 amide bonds. The highest BCUT2D eigenvalue weighted by Crippen LogP contribution is 2.34. The summed E-state index contributed by atoms with van der Waals surface area (Å²) in [5.41, 5.74) is -0.413. The number of ether oxygens (including phenoxy) is 1. The third kappa shape index (κ3) is 3.72. The molecule has 1 unspecified atom stereocenters. The summed E-state index contributed by atoms with van der Waals surface area (Å²) in [7, 11) is 1.36. The van der Waals surface area contributed by atoms with Gasteiger partial charge in [-0.05, 0) is 31.2 Å². The Hall–Kier alpha value is -1.10. The summed E-state index contributed by atoms with van der Waals surface area (Å²) in [6.07, 6.45) is 1.41. The van der Waals surface area contributed by atoms with Gasteiger partial charge in [-0.3, -0.25) is 4.79 Å². The van der Waals surface area contributed by atoms with Crippen LogP contribution in [0.2, 0.25) is 0 Å². The second kappa shape index (κ2) is 7.07. The first-order valence-electron chi connectivity index (χ1n) is 7.43. The zero-order valence-electron chi connectivity index (χ0n) is 13.3. The van der Waals surface area contributed by atoms with Crippen molar-refractivity contribution in [1.82, 2.24) is 10.6 Å². The molecule has 5 nitrogen and oxygen atoms in total. The van der Waals surface area contributed by atoms with Gasteiger partial charge in [0, 0.05) is 6.54 Å². The summed E-state index contributed by atoms with van der Waals surface area (Å²) in [6.45, 7) is 9.68. The maximum absolute atomic E-state index is 12.7. The van der Waals surface area contributed by atoms with Crippen molar-refractivity contribution >= 4 is 11.9 Å². The first-order chi connectivity index (χ1) is 9.33. The van der Waals surface area contributed by atoms with E-state index in [4.69, 9.17) is 4.74 Å². The van der Waals surface area contributed by atoms with Gasteiger partial charge in [0.1, 0.15) is 6.04 Å². The van der Waals surface area contributed by atoms with E-state index in [1.807, 2.05) is 13.8 Å². The topological polar surface area (TPSA) is 67.4 Å². The SMILES string of the molecule is COC(=O)[C@H](CC(C)C)NC(=O)C1(C(C)C)CCNC1. The van der Waals surface area contributed by atoms with Crippen LogP contribution in [0.5, 0.6) is 0 Å². The molecule has 2 atom stereocenters. The molecule has 1 aliphatic rings. The molecule has 0 aromatic carbocycles. The van der Waals surface area contributed by atoms with E-state index in [-0.39, 0.29) is 17.8 Å². The maximum Gasteiger partial charge on any atom is 0.328 e. The lowest BCUT2D eigenvalue weighted by Gasteiger charge is -2.32. The second-order valence-electron chi connectivity index (χ2n) is 6.42. The molecule has 0 aliphatic carbocycles. The molecule has 116 valence electrons. The van der Waals surface area contributed by atoms with Crippen molar-refractivity contribution in [2.45, 2.75) is 46.6 Å². The van der Waals surface area contributed by atoms with Gasteiger partial charge in [0.15, 0.2) is 0 Å². The van der Waals surface area contributed by atoms with E-state index < -0.39 is 11.5 Å². The first-order valence-corrected chi connectivity index (χ1v) is 7.43. The molecule has 0 spiro atoms. The molecule has 0 aromatic rings. The number of hydrogen-bond acceptors (Lipinski definition) is 4. The van der Waals surface area contributed by atoms with Gasteiger partial charge in [-0.2, -0.15) is 0 Å². The van der Waals surface area contributed by atoms with E-state index in [1.165, 1.54) is 7.11 Å². The highest BCUT2D eigenvalue weighted by Gasteiger charge is 2.45. The van der Waals surface area contributed by atoms with Crippen molar-refractivity contribution in [3.05, 3.63) is 0 Å². The summed E-state index contributed by atoms with van der Waals surface area (Å²) in [4.78, 5) is 24.5. The molecule has 0 aromatic heterocycles. The quantitative estimate of drug-likeness (QED) is 0.722. The van der Waals surface area contributed by atoms with Crippen LogP contribution in [0.4, 0.5) is 0 Å². The monoisotopic (exact) mass is 284 g/mol. The molecule has 1 fully saturated rings. The van der Waals surface area contributed by atoms with Gasteiger partial charge in [-0.15, -0.1) is 0 Å². The average Bonchev–Trinajstić information content (AvgIpc) is 2.87. The lowest BCUT2D eigenvalue weighted by Crippen LogP contribution is -2.52. The van der Waals surface area contributed by atoms with Crippen LogP contribution in [0.1, 0.15) is 40.5 Å². The number of methoxy groups -OCH3 is 1. The van der Waals surface area contributed by atoms with E-state index in [2.05, 4.69) is 24.5 Å². The largest absolute Gasteiger partial charge is 0.467 e. The van der Waals surface area contributed by atoms with E-state index in [0.717, 1.165) is 13.0 Å². The fourth-order valence-electron chi connectivity index (χ4n) is 2.79. The predicted molar refractivity (Wildman–Crippen MR) is 78.2 cm³/mol. The Morgan fingerprint density at radius 1 is 1.30 bits per heavy atom. The van der Waals surface area contributed by atoms with Gasteiger partial charge < -0.3 is 15.4 Å². The molecule has 1 saturated heterocycles. The highest BCUT2D eigenvalue weighted by atomic mass is 16.5. The Kier molecular flexibility index (Phi) is 5.99. The van der Waals surface area contributed by atoms with Crippen LogP contribution in [-0.2, 0) is 14.3 Å². The number of amides is 1. The predicted octanol–water partition coefficient (Wildman–Crippen LogP) is 1.33. The Labute approximate surface area is 121 Å². The van der Waals surface area contributed by atoms with Gasteiger partial charge in [-0.1, -0.05) is 27.7 Å². The van der Waals surface area contributed by atoms with Crippen LogP contribution in [0.15, 0.2) is 0 Å². The van der Waals surface area contributed by atoms with Crippen molar-refractivity contribution < 1.29 is 14.3 Å². The number of esters is 1. The Morgan fingerprint density at radius 3 is 2.35 bits per heavy atom. The van der Waals surface area contributed by atoms with Crippen molar-refractivity contribution in [1.29, 1.82) is 0 Å². The number of carbonyl (C=O) groups is 2. The summed E-state index contributed by atoms with van der Waals surface area (Å²) < 4.78 is 4.80. The molecule has 20 heavy (non-hydrogen) atoms. The van der Waals surface area contributed by atoms with Gasteiger partial charge in [-0.25, -0.2) is 4.79 Å². The maximum atomic E-state index is 12.7. The van der Waals surface area contributed by atoms with Crippen molar-refractivity contribution in [2.24, 2.45) is 17.3 Å². The number of carbonyl (C=O) groups excluding carboxylic acids is 2. The van der Waals surface area contributed by atoms with Crippen LogP contribution in [0.25, 0.3) is 0 Å². The Bertz CT molecular complexity index is 347. The van der Waals surface area contributed by atoms with E-state index in [1.54, 1.807) is 0 Å². The summed E-state index contributed by atoms with van der Waals surface area (Å²) in [5, 5.41) is 6.17. The number of rotatable bonds is 6. The zero-order valence-corrected chi connectivity index (χ0v) is 13.3. The zero-order chi connectivity index (χ0) is 15.3. The smallest absolute Gasteiger partial charge is 0.328 e. The van der Waals surface area contributed by atoms with Crippen molar-refractivity contribution in [3.63, 3.8) is 0 Å². The van der Waals surface area contributed by atoms with Gasteiger partial charge in [0.25, 0.3) is 0 Å². The van der Waals surface area contributed by atoms with Crippen molar-refractivity contribution in [3.8, 4) is 0 Å². The van der Waals surface area contributed by atoms with E-state index >= 15 is 0 Å². The first kappa shape index (κ1) is 17.0. The highest BCUT2D eigenvalue weighted by molar-refractivity contribution is 5.88. The van der Waals surface area contributed by atoms with Crippen LogP contribution in [0, 0.1) is 17.3 Å². The summed E-state index contributed by atoms with van der Waals surface area (Å²) in [6, 6.07) is -0.552. The van der Waals surface area contributed by atoms with Crippen molar-refractivity contribution in [2.75, 3.05) is 20.2 Å². The molecule has 0 bridgehead atoms. The van der Waals surface area contributed by atoms with E-state index in [9.17, 15) is 9.59 Å². The third-order valence-corrected chi connectivity index (χ3v) is 4.24.